The minimum absolute atomic E-state index is 0.186. The molecule has 1 aromatic heterocycles. The largest absolute Gasteiger partial charge is 0.341 e. The van der Waals surface area contributed by atoms with Crippen molar-refractivity contribution < 1.29 is 0 Å². The van der Waals surface area contributed by atoms with E-state index in [1.165, 1.54) is 6.42 Å². The zero-order valence-corrected chi connectivity index (χ0v) is 12.0. The molecule has 1 N–H and O–H groups in total. The van der Waals surface area contributed by atoms with Gasteiger partial charge in [0.25, 0.3) is 0 Å². The summed E-state index contributed by atoms with van der Waals surface area (Å²) in [5.74, 6) is 3.68. The Bertz CT molecular complexity index is 488. The third-order valence-electron chi connectivity index (χ3n) is 3.02. The first-order valence-electron chi connectivity index (χ1n) is 6.43. The van der Waals surface area contributed by atoms with Crippen LogP contribution >= 0.6 is 11.6 Å². The Morgan fingerprint density at radius 3 is 2.53 bits per heavy atom. The maximum atomic E-state index is 5.96. The number of hydrogen-bond donors (Lipinski definition) is 1. The fraction of sp³-hybridized carbons (Fsp3) is 0.615. The highest BCUT2D eigenvalue weighted by molar-refractivity contribution is 6.28. The van der Waals surface area contributed by atoms with Crippen LogP contribution in [0.4, 0.5) is 11.9 Å². The Balaban J connectivity index is 2.22. The van der Waals surface area contributed by atoms with E-state index in [-0.39, 0.29) is 5.28 Å². The van der Waals surface area contributed by atoms with Gasteiger partial charge in [-0.1, -0.05) is 5.92 Å². The van der Waals surface area contributed by atoms with Crippen LogP contribution in [0.15, 0.2) is 0 Å². The molecule has 2 heterocycles. The molecule has 102 valence electrons. The van der Waals surface area contributed by atoms with Crippen molar-refractivity contribution in [1.82, 2.24) is 15.0 Å². The van der Waals surface area contributed by atoms with Crippen LogP contribution in [0.1, 0.15) is 33.1 Å². The monoisotopic (exact) mass is 279 g/mol. The second-order valence-corrected chi connectivity index (χ2v) is 5.51. The van der Waals surface area contributed by atoms with Crippen LogP contribution in [0.3, 0.4) is 0 Å². The highest BCUT2D eigenvalue weighted by Gasteiger charge is 2.19. The molecule has 1 fully saturated rings. The first-order valence-corrected chi connectivity index (χ1v) is 6.80. The van der Waals surface area contributed by atoms with E-state index in [9.17, 15) is 0 Å². The number of anilines is 2. The molecule has 19 heavy (non-hydrogen) atoms. The molecule has 0 aliphatic carbocycles. The predicted molar refractivity (Wildman–Crippen MR) is 77.4 cm³/mol. The summed E-state index contributed by atoms with van der Waals surface area (Å²) in [6, 6.07) is 0. The van der Waals surface area contributed by atoms with E-state index in [1.807, 2.05) is 13.8 Å². The van der Waals surface area contributed by atoms with Gasteiger partial charge in [-0.3, -0.25) is 0 Å². The van der Waals surface area contributed by atoms with Crippen LogP contribution in [0.5, 0.6) is 0 Å². The van der Waals surface area contributed by atoms with Crippen molar-refractivity contribution in [3.05, 3.63) is 5.28 Å². The highest BCUT2D eigenvalue weighted by atomic mass is 35.5. The first kappa shape index (κ1) is 13.9. The summed E-state index contributed by atoms with van der Waals surface area (Å²) < 4.78 is 0. The topological polar surface area (TPSA) is 53.9 Å². The van der Waals surface area contributed by atoms with E-state index in [1.54, 1.807) is 0 Å². The Labute approximate surface area is 118 Å². The van der Waals surface area contributed by atoms with Crippen molar-refractivity contribution in [3.8, 4) is 12.3 Å². The second-order valence-electron chi connectivity index (χ2n) is 5.17. The summed E-state index contributed by atoms with van der Waals surface area (Å²) in [5, 5.41) is 3.26. The minimum Gasteiger partial charge on any atom is -0.341 e. The van der Waals surface area contributed by atoms with Crippen molar-refractivity contribution in [3.63, 3.8) is 0 Å². The molecule has 6 heteroatoms. The van der Waals surface area contributed by atoms with Crippen molar-refractivity contribution >= 4 is 23.5 Å². The van der Waals surface area contributed by atoms with Crippen molar-refractivity contribution in [2.75, 3.05) is 23.3 Å². The van der Waals surface area contributed by atoms with Gasteiger partial charge in [-0.15, -0.1) is 6.42 Å². The lowest BCUT2D eigenvalue weighted by atomic mass is 10.1. The molecular weight excluding hydrogens is 262 g/mol. The number of rotatable bonds is 3. The number of terminal acetylenes is 1. The van der Waals surface area contributed by atoms with Gasteiger partial charge in [0, 0.05) is 13.1 Å². The molecule has 0 amide bonds. The smallest absolute Gasteiger partial charge is 0.231 e. The van der Waals surface area contributed by atoms with Crippen LogP contribution in [0.25, 0.3) is 0 Å². The summed E-state index contributed by atoms with van der Waals surface area (Å²) in [4.78, 5) is 14.8. The SMILES string of the molecule is C#CC(C)(C)Nc1nc(Cl)nc(N2CCCCC2)n1. The average molecular weight is 280 g/mol. The summed E-state index contributed by atoms with van der Waals surface area (Å²) in [6.45, 7) is 5.67. The zero-order chi connectivity index (χ0) is 13.9. The van der Waals surface area contributed by atoms with E-state index in [0.29, 0.717) is 11.9 Å². The number of halogens is 1. The maximum Gasteiger partial charge on any atom is 0.231 e. The van der Waals surface area contributed by atoms with Gasteiger partial charge in [0.2, 0.25) is 17.2 Å². The number of aromatic nitrogens is 3. The molecule has 1 aliphatic rings. The van der Waals surface area contributed by atoms with Gasteiger partial charge in [-0.05, 0) is 44.7 Å². The lowest BCUT2D eigenvalue weighted by Gasteiger charge is -2.27. The second kappa shape index (κ2) is 5.62. The molecule has 2 rings (SSSR count). The van der Waals surface area contributed by atoms with E-state index in [2.05, 4.69) is 31.1 Å². The normalized spacial score (nSPS) is 16.0. The summed E-state index contributed by atoms with van der Waals surface area (Å²) >= 11 is 5.96. The number of nitrogens with zero attached hydrogens (tertiary/aromatic N) is 4. The molecule has 0 atom stereocenters. The number of nitrogens with one attached hydrogen (secondary N) is 1. The van der Waals surface area contributed by atoms with Crippen LogP contribution in [0, 0.1) is 12.3 Å². The first-order chi connectivity index (χ1) is 9.00. The van der Waals surface area contributed by atoms with Gasteiger partial charge in [-0.25, -0.2) is 0 Å². The molecule has 0 unspecified atom stereocenters. The molecule has 1 aliphatic heterocycles. The molecule has 0 spiro atoms. The van der Waals surface area contributed by atoms with Gasteiger partial charge >= 0.3 is 0 Å². The standard InChI is InChI=1S/C13H18ClN5/c1-4-13(2,3)18-11-15-10(14)16-12(17-11)19-8-6-5-7-9-19/h1H,5-9H2,2-3H3,(H,15,16,17,18). The van der Waals surface area contributed by atoms with Crippen LogP contribution in [-0.2, 0) is 0 Å². The Morgan fingerprint density at radius 1 is 1.21 bits per heavy atom. The molecule has 1 aromatic rings. The van der Waals surface area contributed by atoms with Crippen LogP contribution < -0.4 is 10.2 Å². The molecule has 1 saturated heterocycles. The van der Waals surface area contributed by atoms with Gasteiger partial charge in [0.05, 0.1) is 5.54 Å². The van der Waals surface area contributed by atoms with Crippen molar-refractivity contribution in [1.29, 1.82) is 0 Å². The summed E-state index contributed by atoms with van der Waals surface area (Å²) in [5.41, 5.74) is -0.524. The van der Waals surface area contributed by atoms with E-state index in [0.717, 1.165) is 25.9 Å². The molecule has 5 nitrogen and oxygen atoms in total. The van der Waals surface area contributed by atoms with E-state index < -0.39 is 5.54 Å². The fourth-order valence-electron chi connectivity index (χ4n) is 1.95. The molecule has 0 aromatic carbocycles. The fourth-order valence-corrected chi connectivity index (χ4v) is 2.10. The maximum absolute atomic E-state index is 5.96. The van der Waals surface area contributed by atoms with Gasteiger partial charge in [-0.2, -0.15) is 15.0 Å². The summed E-state index contributed by atoms with van der Waals surface area (Å²) in [6.07, 6.45) is 9.01. The number of hydrogen-bond acceptors (Lipinski definition) is 5. The third-order valence-corrected chi connectivity index (χ3v) is 3.19. The van der Waals surface area contributed by atoms with E-state index in [4.69, 9.17) is 18.0 Å². The molecule has 0 bridgehead atoms. The molecule has 0 radical (unpaired) electrons. The lowest BCUT2D eigenvalue weighted by Crippen LogP contribution is -2.33. The van der Waals surface area contributed by atoms with Crippen molar-refractivity contribution in [2.45, 2.75) is 38.6 Å². The lowest BCUT2D eigenvalue weighted by molar-refractivity contribution is 0.567. The minimum atomic E-state index is -0.524. The van der Waals surface area contributed by atoms with Gasteiger partial charge in [0.1, 0.15) is 0 Å². The van der Waals surface area contributed by atoms with Crippen LogP contribution in [-0.4, -0.2) is 33.6 Å². The third kappa shape index (κ3) is 3.71. The van der Waals surface area contributed by atoms with Gasteiger partial charge in [0.15, 0.2) is 0 Å². The Morgan fingerprint density at radius 2 is 1.89 bits per heavy atom. The highest BCUT2D eigenvalue weighted by Crippen LogP contribution is 2.19. The van der Waals surface area contributed by atoms with Crippen LogP contribution in [0.2, 0.25) is 5.28 Å². The average Bonchev–Trinajstić information content (AvgIpc) is 2.38. The predicted octanol–water partition coefficient (Wildman–Crippen LogP) is 2.34. The Hall–Kier alpha value is -1.54. The van der Waals surface area contributed by atoms with Gasteiger partial charge < -0.3 is 10.2 Å². The number of piperidine rings is 1. The molecule has 0 saturated carbocycles. The Kier molecular flexibility index (Phi) is 4.11. The van der Waals surface area contributed by atoms with E-state index >= 15 is 0 Å². The summed E-state index contributed by atoms with van der Waals surface area (Å²) in [7, 11) is 0. The molecular formula is C13H18ClN5. The zero-order valence-electron chi connectivity index (χ0n) is 11.3. The quantitative estimate of drug-likeness (QED) is 0.861. The van der Waals surface area contributed by atoms with Crippen molar-refractivity contribution in [2.24, 2.45) is 0 Å².